The average molecular weight is 270 g/mol. The van der Waals surface area contributed by atoms with E-state index in [0.29, 0.717) is 24.5 Å². The van der Waals surface area contributed by atoms with Gasteiger partial charge in [0.1, 0.15) is 5.69 Å². The van der Waals surface area contributed by atoms with Gasteiger partial charge in [0.2, 0.25) is 0 Å². The highest BCUT2D eigenvalue weighted by molar-refractivity contribution is 6.07. The minimum Gasteiger partial charge on any atom is -0.335 e. The second-order valence-corrected chi connectivity index (χ2v) is 4.38. The van der Waals surface area contributed by atoms with Crippen LogP contribution in [0.5, 0.6) is 0 Å². The molecular weight excluding hydrogens is 256 g/mol. The Morgan fingerprint density at radius 3 is 3.20 bits per heavy atom. The number of anilines is 1. The maximum Gasteiger partial charge on any atom is 0.275 e. The summed E-state index contributed by atoms with van der Waals surface area (Å²) in [5.41, 5.74) is 7.40. The number of carbonyl (C=O) groups excluding carboxylic acids is 1. The molecule has 0 spiro atoms. The number of aromatic amines is 1. The molecule has 1 amide bonds. The number of nitrogens with one attached hydrogen (secondary N) is 2. The Balaban J connectivity index is 1.83. The Bertz CT molecular complexity index is 744. The first-order valence-electron chi connectivity index (χ1n) is 6.23. The van der Waals surface area contributed by atoms with Crippen molar-refractivity contribution in [3.8, 4) is 0 Å². The number of imidazole rings is 1. The summed E-state index contributed by atoms with van der Waals surface area (Å²) in [4.78, 5) is 16.2. The standard InChI is InChI=1S/C13H14N6O/c14-4-5-19-7-12(15-8-19)13(20)17-10-2-1-3-11-9(10)6-16-18-11/h1-3,6-8H,4-5,14H2,(H,16,18)(H,17,20). The van der Waals surface area contributed by atoms with Gasteiger partial charge < -0.3 is 15.6 Å². The number of hydrogen-bond donors (Lipinski definition) is 3. The average Bonchev–Trinajstić information content (AvgIpc) is 3.08. The predicted octanol–water partition coefficient (Wildman–Crippen LogP) is 0.970. The fourth-order valence-electron chi connectivity index (χ4n) is 2.01. The van der Waals surface area contributed by atoms with Crippen molar-refractivity contribution in [1.29, 1.82) is 0 Å². The van der Waals surface area contributed by atoms with Crippen molar-refractivity contribution in [2.75, 3.05) is 11.9 Å². The number of rotatable bonds is 4. The van der Waals surface area contributed by atoms with Crippen LogP contribution in [0.1, 0.15) is 10.5 Å². The molecule has 3 aromatic rings. The van der Waals surface area contributed by atoms with Gasteiger partial charge in [-0.2, -0.15) is 5.10 Å². The Morgan fingerprint density at radius 2 is 2.35 bits per heavy atom. The van der Waals surface area contributed by atoms with E-state index in [1.165, 1.54) is 0 Å². The maximum atomic E-state index is 12.1. The summed E-state index contributed by atoms with van der Waals surface area (Å²) in [6.07, 6.45) is 4.95. The van der Waals surface area contributed by atoms with E-state index in [9.17, 15) is 4.79 Å². The van der Waals surface area contributed by atoms with E-state index in [0.717, 1.165) is 10.9 Å². The highest BCUT2D eigenvalue weighted by Crippen LogP contribution is 2.21. The largest absolute Gasteiger partial charge is 0.335 e. The minimum absolute atomic E-state index is 0.255. The van der Waals surface area contributed by atoms with E-state index in [2.05, 4.69) is 20.5 Å². The van der Waals surface area contributed by atoms with Gasteiger partial charge in [0, 0.05) is 24.7 Å². The summed E-state index contributed by atoms with van der Waals surface area (Å²) in [5, 5.41) is 10.5. The Hall–Kier alpha value is -2.67. The van der Waals surface area contributed by atoms with Gasteiger partial charge in [-0.1, -0.05) is 6.07 Å². The highest BCUT2D eigenvalue weighted by Gasteiger charge is 2.11. The summed E-state index contributed by atoms with van der Waals surface area (Å²) in [5.74, 6) is -0.255. The number of H-pyrrole nitrogens is 1. The van der Waals surface area contributed by atoms with E-state index in [1.54, 1.807) is 23.3 Å². The molecule has 0 aliphatic carbocycles. The molecule has 7 heteroatoms. The molecule has 0 bridgehead atoms. The minimum atomic E-state index is -0.255. The summed E-state index contributed by atoms with van der Waals surface area (Å²) in [7, 11) is 0. The van der Waals surface area contributed by atoms with Crippen molar-refractivity contribution in [3.05, 3.63) is 42.6 Å². The van der Waals surface area contributed by atoms with Crippen LogP contribution >= 0.6 is 0 Å². The van der Waals surface area contributed by atoms with E-state index >= 15 is 0 Å². The van der Waals surface area contributed by atoms with Gasteiger partial charge in [-0.3, -0.25) is 9.89 Å². The summed E-state index contributed by atoms with van der Waals surface area (Å²) in [6, 6.07) is 5.57. The lowest BCUT2D eigenvalue weighted by atomic mass is 10.2. The molecule has 102 valence electrons. The SMILES string of the molecule is NCCn1cnc(C(=O)Nc2cccc3[nH]ncc23)c1. The number of amides is 1. The zero-order valence-electron chi connectivity index (χ0n) is 10.7. The summed E-state index contributed by atoms with van der Waals surface area (Å²) >= 11 is 0. The topological polar surface area (TPSA) is 102 Å². The van der Waals surface area contributed by atoms with Crippen molar-refractivity contribution in [2.45, 2.75) is 6.54 Å². The van der Waals surface area contributed by atoms with Crippen molar-refractivity contribution < 1.29 is 4.79 Å². The third-order valence-corrected chi connectivity index (χ3v) is 2.99. The van der Waals surface area contributed by atoms with Crippen LogP contribution in [0.2, 0.25) is 0 Å². The number of fused-ring (bicyclic) bond motifs is 1. The van der Waals surface area contributed by atoms with Crippen LogP contribution in [-0.2, 0) is 6.54 Å². The van der Waals surface area contributed by atoms with Gasteiger partial charge >= 0.3 is 0 Å². The lowest BCUT2D eigenvalue weighted by Gasteiger charge is -2.04. The van der Waals surface area contributed by atoms with E-state index in [1.807, 2.05) is 18.2 Å². The second kappa shape index (κ2) is 5.14. The van der Waals surface area contributed by atoms with Gasteiger partial charge in [0.25, 0.3) is 5.91 Å². The zero-order chi connectivity index (χ0) is 13.9. The summed E-state index contributed by atoms with van der Waals surface area (Å²) in [6.45, 7) is 1.14. The van der Waals surface area contributed by atoms with E-state index < -0.39 is 0 Å². The van der Waals surface area contributed by atoms with Crippen molar-refractivity contribution in [3.63, 3.8) is 0 Å². The first-order valence-corrected chi connectivity index (χ1v) is 6.23. The van der Waals surface area contributed by atoms with Crippen molar-refractivity contribution in [2.24, 2.45) is 5.73 Å². The van der Waals surface area contributed by atoms with Crippen LogP contribution in [0, 0.1) is 0 Å². The van der Waals surface area contributed by atoms with E-state index in [-0.39, 0.29) is 5.91 Å². The van der Waals surface area contributed by atoms with Gasteiger partial charge in [0.15, 0.2) is 0 Å². The Kier molecular flexibility index (Phi) is 3.18. The van der Waals surface area contributed by atoms with Crippen molar-refractivity contribution in [1.82, 2.24) is 19.7 Å². The van der Waals surface area contributed by atoms with Crippen molar-refractivity contribution >= 4 is 22.5 Å². The molecule has 0 radical (unpaired) electrons. The van der Waals surface area contributed by atoms with Gasteiger partial charge in [-0.25, -0.2) is 4.98 Å². The van der Waals surface area contributed by atoms with Crippen LogP contribution < -0.4 is 11.1 Å². The molecule has 0 saturated carbocycles. The zero-order valence-corrected chi connectivity index (χ0v) is 10.7. The molecule has 2 heterocycles. The van der Waals surface area contributed by atoms with Crippen LogP contribution in [0.3, 0.4) is 0 Å². The van der Waals surface area contributed by atoms with Crippen LogP contribution in [0.4, 0.5) is 5.69 Å². The molecule has 20 heavy (non-hydrogen) atoms. The fourth-order valence-corrected chi connectivity index (χ4v) is 2.01. The lowest BCUT2D eigenvalue weighted by molar-refractivity contribution is 0.102. The molecule has 0 unspecified atom stereocenters. The third-order valence-electron chi connectivity index (χ3n) is 2.99. The second-order valence-electron chi connectivity index (χ2n) is 4.38. The highest BCUT2D eigenvalue weighted by atomic mass is 16.1. The van der Waals surface area contributed by atoms with Crippen LogP contribution in [-0.4, -0.2) is 32.2 Å². The molecule has 7 nitrogen and oxygen atoms in total. The van der Waals surface area contributed by atoms with Crippen LogP contribution in [0.15, 0.2) is 36.9 Å². The predicted molar refractivity (Wildman–Crippen MR) is 75.3 cm³/mol. The third kappa shape index (κ3) is 2.26. The number of carbonyl (C=O) groups is 1. The van der Waals surface area contributed by atoms with E-state index in [4.69, 9.17) is 5.73 Å². The molecule has 2 aromatic heterocycles. The lowest BCUT2D eigenvalue weighted by Crippen LogP contribution is -2.13. The molecule has 3 rings (SSSR count). The number of hydrogen-bond acceptors (Lipinski definition) is 4. The van der Waals surface area contributed by atoms with Crippen LogP contribution in [0.25, 0.3) is 10.9 Å². The molecule has 4 N–H and O–H groups in total. The first kappa shape index (κ1) is 12.4. The Labute approximate surface area is 114 Å². The molecule has 1 aromatic carbocycles. The molecule has 0 saturated heterocycles. The molecule has 0 atom stereocenters. The quantitative estimate of drug-likeness (QED) is 0.657. The number of nitrogens with two attached hydrogens (primary N) is 1. The monoisotopic (exact) mass is 270 g/mol. The summed E-state index contributed by atoms with van der Waals surface area (Å²) < 4.78 is 1.79. The maximum absolute atomic E-state index is 12.1. The number of nitrogens with zero attached hydrogens (tertiary/aromatic N) is 3. The smallest absolute Gasteiger partial charge is 0.275 e. The van der Waals surface area contributed by atoms with Gasteiger partial charge in [0.05, 0.1) is 23.7 Å². The van der Waals surface area contributed by atoms with Gasteiger partial charge in [-0.15, -0.1) is 0 Å². The normalized spacial score (nSPS) is 10.8. The van der Waals surface area contributed by atoms with Gasteiger partial charge in [-0.05, 0) is 12.1 Å². The number of aromatic nitrogens is 4. The molecule has 0 aliphatic rings. The fraction of sp³-hybridized carbons (Fsp3) is 0.154. The molecular formula is C13H14N6O. The first-order chi connectivity index (χ1) is 9.78. The Morgan fingerprint density at radius 1 is 1.45 bits per heavy atom. The molecule has 0 aliphatic heterocycles. The number of benzene rings is 1. The molecule has 0 fully saturated rings.